The molecule has 1 amide bonds. The minimum absolute atomic E-state index is 0.0114. The molecule has 1 saturated heterocycles. The molecule has 0 aromatic heterocycles. The van der Waals surface area contributed by atoms with Gasteiger partial charge in [-0.2, -0.15) is 0 Å². The number of hydrogen-bond donors (Lipinski definition) is 0. The van der Waals surface area contributed by atoms with Crippen LogP contribution in [0.25, 0.3) is 0 Å². The van der Waals surface area contributed by atoms with E-state index >= 15 is 0 Å². The first-order valence-corrected chi connectivity index (χ1v) is 8.46. The molecule has 1 aromatic rings. The Kier molecular flexibility index (Phi) is 6.74. The standard InChI is InChI=1S/C16H17N3O5.C2H6/c1-23-8-2-3-16(20)17-6-7-18-13(10-17)11-24-15-9-12(19(21)22)4-5-14(15)18;1-2/h2-5,9,11H,6-8,10H2,1H3;1-2H3/b3-2+;. The Labute approximate surface area is 152 Å². The van der Waals surface area contributed by atoms with E-state index in [-0.39, 0.29) is 11.6 Å². The van der Waals surface area contributed by atoms with Crippen molar-refractivity contribution < 1.29 is 19.2 Å². The van der Waals surface area contributed by atoms with E-state index in [9.17, 15) is 14.9 Å². The average Bonchev–Trinajstić information content (AvgIpc) is 2.68. The first kappa shape index (κ1) is 19.5. The van der Waals surface area contributed by atoms with Gasteiger partial charge in [-0.3, -0.25) is 14.9 Å². The molecular formula is C18H23N3O5. The lowest BCUT2D eigenvalue weighted by atomic mass is 10.1. The van der Waals surface area contributed by atoms with Crippen molar-refractivity contribution in [2.75, 3.05) is 38.3 Å². The van der Waals surface area contributed by atoms with E-state index in [1.807, 2.05) is 18.7 Å². The van der Waals surface area contributed by atoms with Crippen molar-refractivity contribution in [3.05, 3.63) is 52.4 Å². The molecule has 2 aliphatic rings. The first-order valence-electron chi connectivity index (χ1n) is 8.46. The van der Waals surface area contributed by atoms with Crippen molar-refractivity contribution in [1.82, 2.24) is 4.90 Å². The summed E-state index contributed by atoms with van der Waals surface area (Å²) in [5.41, 5.74) is 1.61. The van der Waals surface area contributed by atoms with Gasteiger partial charge in [0.25, 0.3) is 5.69 Å². The molecule has 1 fully saturated rings. The monoisotopic (exact) mass is 361 g/mol. The third-order valence-corrected chi connectivity index (χ3v) is 3.90. The number of benzene rings is 1. The van der Waals surface area contributed by atoms with Gasteiger partial charge in [0.2, 0.25) is 5.91 Å². The summed E-state index contributed by atoms with van der Waals surface area (Å²) >= 11 is 0. The second-order valence-corrected chi connectivity index (χ2v) is 5.41. The summed E-state index contributed by atoms with van der Waals surface area (Å²) in [6.07, 6.45) is 4.72. The van der Waals surface area contributed by atoms with Gasteiger partial charge in [-0.05, 0) is 6.07 Å². The van der Waals surface area contributed by atoms with Gasteiger partial charge in [0.05, 0.1) is 35.5 Å². The summed E-state index contributed by atoms with van der Waals surface area (Å²) in [4.78, 5) is 26.3. The Morgan fingerprint density at radius 2 is 2.15 bits per heavy atom. The number of nitro groups is 1. The third kappa shape index (κ3) is 4.20. The Morgan fingerprint density at radius 3 is 2.85 bits per heavy atom. The van der Waals surface area contributed by atoms with Gasteiger partial charge in [-0.25, -0.2) is 0 Å². The van der Waals surface area contributed by atoms with Crippen LogP contribution in [0.15, 0.2) is 42.3 Å². The fourth-order valence-electron chi connectivity index (χ4n) is 2.70. The van der Waals surface area contributed by atoms with E-state index in [1.165, 1.54) is 18.2 Å². The van der Waals surface area contributed by atoms with Gasteiger partial charge in [0.15, 0.2) is 5.75 Å². The van der Waals surface area contributed by atoms with Crippen molar-refractivity contribution in [3.8, 4) is 5.75 Å². The fraction of sp³-hybridized carbons (Fsp3) is 0.389. The summed E-state index contributed by atoms with van der Waals surface area (Å²) in [5.74, 6) is 0.370. The maximum absolute atomic E-state index is 12.1. The van der Waals surface area contributed by atoms with Crippen LogP contribution in [0.1, 0.15) is 13.8 Å². The molecule has 0 atom stereocenters. The smallest absolute Gasteiger partial charge is 0.273 e. The highest BCUT2D eigenvalue weighted by molar-refractivity contribution is 5.88. The van der Waals surface area contributed by atoms with E-state index in [0.29, 0.717) is 32.0 Å². The summed E-state index contributed by atoms with van der Waals surface area (Å²) in [7, 11) is 1.57. The van der Waals surface area contributed by atoms with Crippen molar-refractivity contribution >= 4 is 17.3 Å². The lowest BCUT2D eigenvalue weighted by Gasteiger charge is -2.39. The summed E-state index contributed by atoms with van der Waals surface area (Å²) in [6.45, 7) is 5.98. The maximum atomic E-state index is 12.1. The number of carbonyl (C=O) groups is 1. The molecule has 0 N–H and O–H groups in total. The number of carbonyl (C=O) groups excluding carboxylic acids is 1. The molecular weight excluding hydrogens is 338 g/mol. The highest BCUT2D eigenvalue weighted by Crippen LogP contribution is 2.38. The molecule has 26 heavy (non-hydrogen) atoms. The second-order valence-electron chi connectivity index (χ2n) is 5.41. The highest BCUT2D eigenvalue weighted by atomic mass is 16.6. The first-order chi connectivity index (χ1) is 12.6. The van der Waals surface area contributed by atoms with E-state index < -0.39 is 4.92 Å². The van der Waals surface area contributed by atoms with Crippen LogP contribution in [0.4, 0.5) is 11.4 Å². The number of amides is 1. The van der Waals surface area contributed by atoms with Crippen LogP contribution < -0.4 is 9.64 Å². The Morgan fingerprint density at radius 1 is 1.38 bits per heavy atom. The molecule has 0 unspecified atom stereocenters. The molecule has 0 spiro atoms. The molecule has 0 radical (unpaired) electrons. The topological polar surface area (TPSA) is 85.2 Å². The maximum Gasteiger partial charge on any atom is 0.273 e. The van der Waals surface area contributed by atoms with Gasteiger partial charge in [-0.1, -0.05) is 19.9 Å². The largest absolute Gasteiger partial charge is 0.461 e. The van der Waals surface area contributed by atoms with Crippen molar-refractivity contribution in [3.63, 3.8) is 0 Å². The van der Waals surface area contributed by atoms with Gasteiger partial charge in [0.1, 0.15) is 6.26 Å². The van der Waals surface area contributed by atoms with Crippen LogP contribution in [0.3, 0.4) is 0 Å². The van der Waals surface area contributed by atoms with Crippen LogP contribution in [0, 0.1) is 10.1 Å². The molecule has 0 saturated carbocycles. The Balaban J connectivity index is 0.00000117. The summed E-state index contributed by atoms with van der Waals surface area (Å²) < 4.78 is 10.4. The number of nitro benzene ring substituents is 1. The van der Waals surface area contributed by atoms with Crippen molar-refractivity contribution in [2.45, 2.75) is 13.8 Å². The van der Waals surface area contributed by atoms with Gasteiger partial charge in [0, 0.05) is 32.3 Å². The molecule has 2 heterocycles. The molecule has 2 aliphatic heterocycles. The normalized spacial score (nSPS) is 15.3. The minimum Gasteiger partial charge on any atom is -0.461 e. The van der Waals surface area contributed by atoms with Crippen LogP contribution >= 0.6 is 0 Å². The molecule has 1 aromatic carbocycles. The molecule has 140 valence electrons. The average molecular weight is 361 g/mol. The van der Waals surface area contributed by atoms with Crippen molar-refractivity contribution in [1.29, 1.82) is 0 Å². The lowest BCUT2D eigenvalue weighted by Crippen LogP contribution is -2.48. The number of fused-ring (bicyclic) bond motifs is 3. The molecule has 8 nitrogen and oxygen atoms in total. The van der Waals surface area contributed by atoms with Crippen LogP contribution in [0.2, 0.25) is 0 Å². The quantitative estimate of drug-likeness (QED) is 0.466. The number of rotatable bonds is 4. The number of ether oxygens (including phenoxy) is 2. The van der Waals surface area contributed by atoms with E-state index in [1.54, 1.807) is 30.4 Å². The predicted octanol–water partition coefficient (Wildman–Crippen LogP) is 2.71. The number of methoxy groups -OCH3 is 1. The van der Waals surface area contributed by atoms with Gasteiger partial charge < -0.3 is 19.3 Å². The van der Waals surface area contributed by atoms with E-state index in [0.717, 1.165) is 11.4 Å². The van der Waals surface area contributed by atoms with Crippen LogP contribution in [0.5, 0.6) is 5.75 Å². The Bertz CT molecular complexity index is 730. The molecule has 8 heteroatoms. The number of hydrogen-bond acceptors (Lipinski definition) is 6. The Hall–Kier alpha value is -2.87. The molecule has 0 bridgehead atoms. The zero-order valence-corrected chi connectivity index (χ0v) is 15.2. The predicted molar refractivity (Wildman–Crippen MR) is 98.1 cm³/mol. The third-order valence-electron chi connectivity index (χ3n) is 3.90. The van der Waals surface area contributed by atoms with Gasteiger partial charge in [-0.15, -0.1) is 0 Å². The van der Waals surface area contributed by atoms with Crippen LogP contribution in [-0.4, -0.2) is 49.1 Å². The van der Waals surface area contributed by atoms with Gasteiger partial charge >= 0.3 is 0 Å². The number of piperazine rings is 1. The SMILES string of the molecule is CC.COC/C=C/C(=O)N1CCN2C(=COc3cc([N+](=O)[O-])ccc32)C1. The second kappa shape index (κ2) is 9.00. The lowest BCUT2D eigenvalue weighted by molar-refractivity contribution is -0.384. The van der Waals surface area contributed by atoms with Crippen molar-refractivity contribution in [2.24, 2.45) is 0 Å². The fourth-order valence-corrected chi connectivity index (χ4v) is 2.70. The summed E-state index contributed by atoms with van der Waals surface area (Å²) in [5, 5.41) is 10.9. The molecule has 3 rings (SSSR count). The van der Waals surface area contributed by atoms with E-state index in [2.05, 4.69) is 0 Å². The molecule has 0 aliphatic carbocycles. The highest BCUT2D eigenvalue weighted by Gasteiger charge is 2.30. The van der Waals surface area contributed by atoms with Crippen LogP contribution in [-0.2, 0) is 9.53 Å². The number of anilines is 1. The zero-order chi connectivity index (χ0) is 19.1. The zero-order valence-electron chi connectivity index (χ0n) is 15.2. The number of nitrogens with zero attached hydrogens (tertiary/aromatic N) is 3. The summed E-state index contributed by atoms with van der Waals surface area (Å²) in [6, 6.07) is 4.54. The number of non-ortho nitro benzene ring substituents is 1. The minimum atomic E-state index is -0.453. The van der Waals surface area contributed by atoms with E-state index in [4.69, 9.17) is 9.47 Å².